The fraction of sp³-hybridized carbons (Fsp3) is 0.583. The molecule has 0 N–H and O–H groups in total. The maximum atomic E-state index is 12.3. The predicted octanol–water partition coefficient (Wildman–Crippen LogP) is 2.71. The molecule has 1 aliphatic heterocycles. The molecule has 2 heterocycles. The van der Waals surface area contributed by atoms with Crippen molar-refractivity contribution in [2.45, 2.75) is 32.2 Å². The minimum Gasteiger partial charge on any atom is -0.372 e. The molecule has 3 nitrogen and oxygen atoms in total. The lowest BCUT2D eigenvalue weighted by molar-refractivity contribution is -0.137. The molecular weight excluding hydrogens is 245 g/mol. The van der Waals surface area contributed by atoms with Gasteiger partial charge in [0.15, 0.2) is 0 Å². The number of hydrogen-bond acceptors (Lipinski definition) is 3. The van der Waals surface area contributed by atoms with Gasteiger partial charge in [0, 0.05) is 19.3 Å². The number of anilines is 1. The summed E-state index contributed by atoms with van der Waals surface area (Å²) in [6.07, 6.45) is -3.15. The van der Waals surface area contributed by atoms with E-state index in [1.165, 1.54) is 6.07 Å². The molecule has 1 saturated heterocycles. The summed E-state index contributed by atoms with van der Waals surface area (Å²) < 4.78 is 42.6. The summed E-state index contributed by atoms with van der Waals surface area (Å²) in [4.78, 5) is 5.73. The molecule has 2 rings (SSSR count). The number of ether oxygens (including phenoxy) is 1. The number of aromatic nitrogens is 1. The van der Waals surface area contributed by atoms with Gasteiger partial charge in [-0.2, -0.15) is 13.2 Å². The molecule has 0 saturated carbocycles. The topological polar surface area (TPSA) is 25.4 Å². The van der Waals surface area contributed by atoms with E-state index in [1.54, 1.807) is 0 Å². The highest BCUT2D eigenvalue weighted by Crippen LogP contribution is 2.30. The predicted molar refractivity (Wildman–Crippen MR) is 61.5 cm³/mol. The Morgan fingerprint density at radius 1 is 1.33 bits per heavy atom. The van der Waals surface area contributed by atoms with Gasteiger partial charge in [-0.25, -0.2) is 4.98 Å². The Labute approximate surface area is 104 Å². The second kappa shape index (κ2) is 4.76. The van der Waals surface area contributed by atoms with Gasteiger partial charge < -0.3 is 9.64 Å². The zero-order chi connectivity index (χ0) is 13.3. The number of rotatable bonds is 3. The average molecular weight is 260 g/mol. The molecule has 0 aromatic carbocycles. The quantitative estimate of drug-likeness (QED) is 0.835. The molecule has 0 amide bonds. The first-order valence-electron chi connectivity index (χ1n) is 5.80. The van der Waals surface area contributed by atoms with Gasteiger partial charge in [0.25, 0.3) is 0 Å². The monoisotopic (exact) mass is 260 g/mol. The first-order valence-corrected chi connectivity index (χ1v) is 5.80. The molecule has 0 bridgehead atoms. The van der Waals surface area contributed by atoms with Crippen molar-refractivity contribution in [3.8, 4) is 0 Å². The fourth-order valence-corrected chi connectivity index (χ4v) is 1.84. The van der Waals surface area contributed by atoms with Crippen molar-refractivity contribution >= 4 is 5.82 Å². The van der Waals surface area contributed by atoms with Gasteiger partial charge in [-0.15, -0.1) is 0 Å². The third-order valence-corrected chi connectivity index (χ3v) is 2.71. The lowest BCUT2D eigenvalue weighted by Crippen LogP contribution is -2.53. The molecule has 1 aromatic rings. The van der Waals surface area contributed by atoms with Crippen LogP contribution >= 0.6 is 0 Å². The van der Waals surface area contributed by atoms with Crippen LogP contribution in [0.3, 0.4) is 0 Å². The molecule has 100 valence electrons. The SMILES string of the molecule is CC(C)OC1CN(c2ccc(C(F)(F)F)cn2)C1. The van der Waals surface area contributed by atoms with Crippen molar-refractivity contribution in [2.24, 2.45) is 0 Å². The van der Waals surface area contributed by atoms with Gasteiger partial charge >= 0.3 is 6.18 Å². The van der Waals surface area contributed by atoms with Gasteiger partial charge in [-0.1, -0.05) is 0 Å². The van der Waals surface area contributed by atoms with Crippen LogP contribution in [-0.4, -0.2) is 30.3 Å². The summed E-state index contributed by atoms with van der Waals surface area (Å²) in [7, 11) is 0. The number of hydrogen-bond donors (Lipinski definition) is 0. The van der Waals surface area contributed by atoms with E-state index in [2.05, 4.69) is 4.98 Å². The Hall–Kier alpha value is -1.30. The molecule has 0 radical (unpaired) electrons. The normalized spacial score (nSPS) is 17.1. The van der Waals surface area contributed by atoms with Crippen molar-refractivity contribution in [2.75, 3.05) is 18.0 Å². The standard InChI is InChI=1S/C12H15F3N2O/c1-8(2)18-10-6-17(7-10)11-4-3-9(5-16-11)12(13,14)15/h3-5,8,10H,6-7H2,1-2H3. The summed E-state index contributed by atoms with van der Waals surface area (Å²) in [5.41, 5.74) is -0.721. The van der Waals surface area contributed by atoms with E-state index in [1.807, 2.05) is 18.7 Å². The van der Waals surface area contributed by atoms with E-state index in [-0.39, 0.29) is 12.2 Å². The largest absolute Gasteiger partial charge is 0.417 e. The van der Waals surface area contributed by atoms with Gasteiger partial charge in [0.05, 0.1) is 17.8 Å². The molecule has 1 fully saturated rings. The zero-order valence-electron chi connectivity index (χ0n) is 10.2. The Morgan fingerprint density at radius 2 is 2.00 bits per heavy atom. The third-order valence-electron chi connectivity index (χ3n) is 2.71. The number of nitrogens with zero attached hydrogens (tertiary/aromatic N) is 2. The smallest absolute Gasteiger partial charge is 0.372 e. The van der Waals surface area contributed by atoms with Gasteiger partial charge in [0.1, 0.15) is 5.82 Å². The highest BCUT2D eigenvalue weighted by Gasteiger charge is 2.32. The summed E-state index contributed by atoms with van der Waals surface area (Å²) in [6.45, 7) is 5.27. The molecule has 0 unspecified atom stereocenters. The van der Waals surface area contributed by atoms with Crippen LogP contribution in [0.1, 0.15) is 19.4 Å². The minimum absolute atomic E-state index is 0.147. The summed E-state index contributed by atoms with van der Waals surface area (Å²) in [5, 5.41) is 0. The van der Waals surface area contributed by atoms with Crippen LogP contribution in [0.4, 0.5) is 19.0 Å². The summed E-state index contributed by atoms with van der Waals surface area (Å²) >= 11 is 0. The van der Waals surface area contributed by atoms with Crippen LogP contribution in [0.25, 0.3) is 0 Å². The van der Waals surface area contributed by atoms with E-state index in [0.717, 1.165) is 12.3 Å². The zero-order valence-corrected chi connectivity index (χ0v) is 10.2. The van der Waals surface area contributed by atoms with Crippen molar-refractivity contribution in [3.05, 3.63) is 23.9 Å². The Bertz CT molecular complexity index is 397. The Kier molecular flexibility index (Phi) is 3.47. The van der Waals surface area contributed by atoms with Crippen LogP contribution in [0.2, 0.25) is 0 Å². The first kappa shape index (κ1) is 13.1. The number of halogens is 3. The maximum absolute atomic E-state index is 12.3. The van der Waals surface area contributed by atoms with E-state index < -0.39 is 11.7 Å². The van der Waals surface area contributed by atoms with Gasteiger partial charge in [0.2, 0.25) is 0 Å². The van der Waals surface area contributed by atoms with Crippen molar-refractivity contribution in [1.82, 2.24) is 4.98 Å². The van der Waals surface area contributed by atoms with Crippen LogP contribution in [-0.2, 0) is 10.9 Å². The van der Waals surface area contributed by atoms with E-state index in [4.69, 9.17) is 4.74 Å². The second-order valence-electron chi connectivity index (χ2n) is 4.61. The van der Waals surface area contributed by atoms with Crippen LogP contribution in [0.5, 0.6) is 0 Å². The molecule has 0 atom stereocenters. The number of pyridine rings is 1. The lowest BCUT2D eigenvalue weighted by atomic mass is 10.1. The third kappa shape index (κ3) is 2.93. The molecule has 0 spiro atoms. The summed E-state index contributed by atoms with van der Waals surface area (Å²) in [6, 6.07) is 2.45. The van der Waals surface area contributed by atoms with E-state index in [9.17, 15) is 13.2 Å². The molecule has 18 heavy (non-hydrogen) atoms. The Morgan fingerprint density at radius 3 is 2.44 bits per heavy atom. The van der Waals surface area contributed by atoms with Gasteiger partial charge in [-0.3, -0.25) is 0 Å². The minimum atomic E-state index is -4.33. The van der Waals surface area contributed by atoms with Crippen molar-refractivity contribution in [3.63, 3.8) is 0 Å². The Balaban J connectivity index is 1.93. The van der Waals surface area contributed by atoms with Crippen molar-refractivity contribution < 1.29 is 17.9 Å². The van der Waals surface area contributed by atoms with Crippen LogP contribution in [0.15, 0.2) is 18.3 Å². The summed E-state index contributed by atoms with van der Waals surface area (Å²) in [5.74, 6) is 0.562. The van der Waals surface area contributed by atoms with Crippen LogP contribution in [0, 0.1) is 0 Å². The van der Waals surface area contributed by atoms with E-state index >= 15 is 0 Å². The molecule has 1 aromatic heterocycles. The molecule has 0 aliphatic carbocycles. The average Bonchev–Trinajstić information content (AvgIpc) is 2.21. The molecule has 1 aliphatic rings. The molecule has 6 heteroatoms. The van der Waals surface area contributed by atoms with E-state index in [0.29, 0.717) is 18.9 Å². The molecular formula is C12H15F3N2O. The highest BCUT2D eigenvalue weighted by molar-refractivity contribution is 5.43. The van der Waals surface area contributed by atoms with Crippen molar-refractivity contribution in [1.29, 1.82) is 0 Å². The first-order chi connectivity index (χ1) is 8.36. The van der Waals surface area contributed by atoms with Crippen LogP contribution < -0.4 is 4.90 Å². The van der Waals surface area contributed by atoms with Gasteiger partial charge in [-0.05, 0) is 26.0 Å². The highest BCUT2D eigenvalue weighted by atomic mass is 19.4. The maximum Gasteiger partial charge on any atom is 0.417 e. The fourth-order valence-electron chi connectivity index (χ4n) is 1.84. The lowest BCUT2D eigenvalue weighted by Gasteiger charge is -2.40. The number of alkyl halides is 3. The second-order valence-corrected chi connectivity index (χ2v) is 4.61.